The van der Waals surface area contributed by atoms with E-state index in [2.05, 4.69) is 10.0 Å². The second-order valence-electron chi connectivity index (χ2n) is 5.83. The summed E-state index contributed by atoms with van der Waals surface area (Å²) >= 11 is 0. The minimum absolute atomic E-state index is 0.0299. The molecule has 9 heteroatoms. The Labute approximate surface area is 163 Å². The highest BCUT2D eigenvalue weighted by Crippen LogP contribution is 2.25. The molecule has 0 saturated heterocycles. The standard InChI is InChI=1S/C19H21N3O5S/c1-12-10-14(6-7-15(12)19(20)24)22-18(23)9-5-13-4-8-16(27-3)17(11-13)28(25,26)21-2/h4-11,21H,1-3H3,(H2,20,24)(H,22,23)/b9-5+. The first-order chi connectivity index (χ1) is 13.2. The fraction of sp³-hybridized carbons (Fsp3) is 0.158. The van der Waals surface area contributed by atoms with Gasteiger partial charge < -0.3 is 15.8 Å². The van der Waals surface area contributed by atoms with Crippen LogP contribution in [0.25, 0.3) is 6.08 Å². The maximum atomic E-state index is 12.1. The van der Waals surface area contributed by atoms with Gasteiger partial charge in [-0.2, -0.15) is 0 Å². The lowest BCUT2D eigenvalue weighted by Crippen LogP contribution is -2.19. The van der Waals surface area contributed by atoms with Crippen LogP contribution in [0.4, 0.5) is 5.69 Å². The fourth-order valence-corrected chi connectivity index (χ4v) is 3.42. The molecule has 148 valence electrons. The Morgan fingerprint density at radius 3 is 2.43 bits per heavy atom. The van der Waals surface area contributed by atoms with Gasteiger partial charge in [0.2, 0.25) is 21.8 Å². The Hall–Kier alpha value is -3.17. The summed E-state index contributed by atoms with van der Waals surface area (Å²) in [5.41, 5.74) is 7.29. The first-order valence-electron chi connectivity index (χ1n) is 8.19. The molecule has 0 unspecified atom stereocenters. The van der Waals surface area contributed by atoms with Gasteiger partial charge in [-0.25, -0.2) is 13.1 Å². The smallest absolute Gasteiger partial charge is 0.248 e. The monoisotopic (exact) mass is 403 g/mol. The lowest BCUT2D eigenvalue weighted by Gasteiger charge is -2.09. The van der Waals surface area contributed by atoms with Crippen molar-refractivity contribution >= 4 is 33.6 Å². The van der Waals surface area contributed by atoms with E-state index in [0.29, 0.717) is 22.4 Å². The third kappa shape index (κ3) is 4.96. The van der Waals surface area contributed by atoms with Crippen LogP contribution < -0.4 is 20.5 Å². The third-order valence-corrected chi connectivity index (χ3v) is 5.37. The number of hydrogen-bond acceptors (Lipinski definition) is 5. The summed E-state index contributed by atoms with van der Waals surface area (Å²) in [5, 5.41) is 2.66. The molecule has 0 aliphatic carbocycles. The van der Waals surface area contributed by atoms with Gasteiger partial charge >= 0.3 is 0 Å². The van der Waals surface area contributed by atoms with Crippen LogP contribution in [0.5, 0.6) is 5.75 Å². The first kappa shape index (κ1) is 21.1. The number of primary amides is 1. The van der Waals surface area contributed by atoms with Gasteiger partial charge in [-0.05, 0) is 61.5 Å². The molecular formula is C19H21N3O5S. The molecule has 0 atom stereocenters. The summed E-state index contributed by atoms with van der Waals surface area (Å²) in [5.74, 6) is -0.761. The van der Waals surface area contributed by atoms with Gasteiger partial charge in [0.05, 0.1) is 7.11 Å². The van der Waals surface area contributed by atoms with Gasteiger partial charge in [0.15, 0.2) is 0 Å². The van der Waals surface area contributed by atoms with Crippen LogP contribution in [0, 0.1) is 6.92 Å². The van der Waals surface area contributed by atoms with E-state index < -0.39 is 21.8 Å². The number of methoxy groups -OCH3 is 1. The normalized spacial score (nSPS) is 11.4. The zero-order valence-corrected chi connectivity index (χ0v) is 16.5. The van der Waals surface area contributed by atoms with Gasteiger partial charge in [-0.15, -0.1) is 0 Å². The third-order valence-electron chi connectivity index (χ3n) is 3.93. The molecule has 2 amide bonds. The number of rotatable bonds is 7. The summed E-state index contributed by atoms with van der Waals surface area (Å²) < 4.78 is 31.5. The molecule has 28 heavy (non-hydrogen) atoms. The first-order valence-corrected chi connectivity index (χ1v) is 9.67. The average Bonchev–Trinajstić information content (AvgIpc) is 2.65. The molecule has 0 heterocycles. The van der Waals surface area contributed by atoms with Crippen molar-refractivity contribution < 1.29 is 22.7 Å². The van der Waals surface area contributed by atoms with E-state index in [1.807, 2.05) is 0 Å². The van der Waals surface area contributed by atoms with Crippen molar-refractivity contribution in [2.45, 2.75) is 11.8 Å². The van der Waals surface area contributed by atoms with E-state index in [0.717, 1.165) is 0 Å². The topological polar surface area (TPSA) is 128 Å². The highest BCUT2D eigenvalue weighted by atomic mass is 32.2. The molecule has 0 bridgehead atoms. The van der Waals surface area contributed by atoms with E-state index in [1.54, 1.807) is 25.1 Å². The van der Waals surface area contributed by atoms with Crippen molar-refractivity contribution in [3.63, 3.8) is 0 Å². The van der Waals surface area contributed by atoms with E-state index in [1.165, 1.54) is 44.5 Å². The predicted molar refractivity (Wildman–Crippen MR) is 107 cm³/mol. The second-order valence-corrected chi connectivity index (χ2v) is 7.69. The minimum Gasteiger partial charge on any atom is -0.495 e. The fourth-order valence-electron chi connectivity index (χ4n) is 2.49. The van der Waals surface area contributed by atoms with Crippen molar-refractivity contribution in [3.05, 3.63) is 59.2 Å². The molecule has 0 saturated carbocycles. The molecule has 0 aliphatic rings. The van der Waals surface area contributed by atoms with Crippen LogP contribution in [0.1, 0.15) is 21.5 Å². The van der Waals surface area contributed by atoms with Crippen LogP contribution in [0.15, 0.2) is 47.4 Å². The van der Waals surface area contributed by atoms with Gasteiger partial charge in [0.25, 0.3) is 0 Å². The van der Waals surface area contributed by atoms with E-state index >= 15 is 0 Å². The Bertz CT molecular complexity index is 1050. The van der Waals surface area contributed by atoms with Gasteiger partial charge in [-0.1, -0.05) is 6.07 Å². The molecular weight excluding hydrogens is 382 g/mol. The predicted octanol–water partition coefficient (Wildman–Crippen LogP) is 1.66. The number of aryl methyl sites for hydroxylation is 1. The number of anilines is 1. The number of amides is 2. The highest BCUT2D eigenvalue weighted by Gasteiger charge is 2.17. The number of hydrogen-bond donors (Lipinski definition) is 3. The number of carbonyl (C=O) groups is 2. The number of nitrogens with one attached hydrogen (secondary N) is 2. The SMILES string of the molecule is CNS(=O)(=O)c1cc(/C=C/C(=O)Nc2ccc(C(N)=O)c(C)c2)ccc1OC. The largest absolute Gasteiger partial charge is 0.495 e. The number of sulfonamides is 1. The van der Waals surface area contributed by atoms with Crippen LogP contribution in [-0.4, -0.2) is 34.4 Å². The molecule has 0 spiro atoms. The molecule has 8 nitrogen and oxygen atoms in total. The Balaban J connectivity index is 2.19. The Morgan fingerprint density at radius 2 is 1.86 bits per heavy atom. The lowest BCUT2D eigenvalue weighted by atomic mass is 10.1. The van der Waals surface area contributed by atoms with Crippen LogP contribution in [-0.2, 0) is 14.8 Å². The summed E-state index contributed by atoms with van der Waals surface area (Å²) in [6.45, 7) is 1.71. The highest BCUT2D eigenvalue weighted by molar-refractivity contribution is 7.89. The van der Waals surface area contributed by atoms with Gasteiger partial charge in [0.1, 0.15) is 10.6 Å². The zero-order valence-electron chi connectivity index (χ0n) is 15.6. The molecule has 2 aromatic rings. The summed E-state index contributed by atoms with van der Waals surface area (Å²) in [6.07, 6.45) is 2.75. The lowest BCUT2D eigenvalue weighted by molar-refractivity contribution is -0.111. The number of ether oxygens (including phenoxy) is 1. The van der Waals surface area contributed by atoms with E-state index in [-0.39, 0.29) is 10.6 Å². The average molecular weight is 403 g/mol. The van der Waals surface area contributed by atoms with Crippen LogP contribution in [0.2, 0.25) is 0 Å². The second kappa shape index (κ2) is 8.68. The molecule has 0 fully saturated rings. The Morgan fingerprint density at radius 1 is 1.14 bits per heavy atom. The molecule has 4 N–H and O–H groups in total. The van der Waals surface area contributed by atoms with Crippen molar-refractivity contribution in [1.82, 2.24) is 4.72 Å². The number of nitrogens with two attached hydrogens (primary N) is 1. The molecule has 0 radical (unpaired) electrons. The zero-order chi connectivity index (χ0) is 20.9. The van der Waals surface area contributed by atoms with E-state index in [9.17, 15) is 18.0 Å². The van der Waals surface area contributed by atoms with Crippen molar-refractivity contribution in [2.75, 3.05) is 19.5 Å². The maximum absolute atomic E-state index is 12.1. The van der Waals surface area contributed by atoms with Crippen molar-refractivity contribution in [2.24, 2.45) is 5.73 Å². The Kier molecular flexibility index (Phi) is 6.55. The molecule has 2 rings (SSSR count). The number of carbonyl (C=O) groups excluding carboxylic acids is 2. The molecule has 0 aliphatic heterocycles. The van der Waals surface area contributed by atoms with Crippen molar-refractivity contribution in [3.8, 4) is 5.75 Å². The van der Waals surface area contributed by atoms with Crippen LogP contribution >= 0.6 is 0 Å². The van der Waals surface area contributed by atoms with Gasteiger partial charge in [-0.3, -0.25) is 9.59 Å². The van der Waals surface area contributed by atoms with Gasteiger partial charge in [0, 0.05) is 17.3 Å². The van der Waals surface area contributed by atoms with Crippen LogP contribution in [0.3, 0.4) is 0 Å². The quantitative estimate of drug-likeness (QED) is 0.606. The summed E-state index contributed by atoms with van der Waals surface area (Å²) in [7, 11) is -1.04. The molecule has 0 aromatic heterocycles. The maximum Gasteiger partial charge on any atom is 0.248 e. The summed E-state index contributed by atoms with van der Waals surface area (Å²) in [4.78, 5) is 23.3. The number of benzene rings is 2. The van der Waals surface area contributed by atoms with E-state index in [4.69, 9.17) is 10.5 Å². The molecule has 2 aromatic carbocycles. The summed E-state index contributed by atoms with van der Waals surface area (Å²) in [6, 6.07) is 9.28. The van der Waals surface area contributed by atoms with Crippen molar-refractivity contribution in [1.29, 1.82) is 0 Å². The minimum atomic E-state index is -3.71.